The van der Waals surface area contributed by atoms with Crippen LogP contribution in [-0.4, -0.2) is 50.9 Å². The molecule has 0 bridgehead atoms. The minimum Gasteiger partial charge on any atom is -0.479 e. The van der Waals surface area contributed by atoms with Crippen LogP contribution < -0.4 is 0 Å². The van der Waals surface area contributed by atoms with Gasteiger partial charge in [0.1, 0.15) is 12.6 Å². The maximum absolute atomic E-state index is 11.9. The minimum atomic E-state index is -1.07. The fraction of sp³-hybridized carbons (Fsp3) is 0.583. The summed E-state index contributed by atoms with van der Waals surface area (Å²) in [6.45, 7) is 4.58. The molecule has 1 amide bonds. The number of likely N-dealkylation sites (N-methyl/N-ethyl adjacent to an activating group) is 1. The van der Waals surface area contributed by atoms with Gasteiger partial charge in [0.05, 0.1) is 5.69 Å². The molecule has 1 aromatic rings. The van der Waals surface area contributed by atoms with E-state index in [0.29, 0.717) is 18.8 Å². The van der Waals surface area contributed by atoms with Gasteiger partial charge in [-0.05, 0) is 19.9 Å². The number of aromatic nitrogens is 2. The Morgan fingerprint density at radius 1 is 1.53 bits per heavy atom. The fourth-order valence-corrected chi connectivity index (χ4v) is 2.41. The van der Waals surface area contributed by atoms with Gasteiger partial charge in [-0.3, -0.25) is 9.48 Å². The SMILES string of the molecule is CCN1C(=O)COC(C(=O)O)C1c1ccnn1CC. The number of aryl methyl sites for hydroxylation is 1. The van der Waals surface area contributed by atoms with Gasteiger partial charge in [-0.2, -0.15) is 5.10 Å². The summed E-state index contributed by atoms with van der Waals surface area (Å²) in [5.74, 6) is -1.27. The molecule has 1 fully saturated rings. The predicted molar refractivity (Wildman–Crippen MR) is 65.4 cm³/mol. The molecule has 104 valence electrons. The lowest BCUT2D eigenvalue weighted by Gasteiger charge is -2.38. The van der Waals surface area contributed by atoms with Gasteiger partial charge in [0, 0.05) is 19.3 Å². The smallest absolute Gasteiger partial charge is 0.335 e. The van der Waals surface area contributed by atoms with Gasteiger partial charge in [-0.15, -0.1) is 0 Å². The van der Waals surface area contributed by atoms with Crippen LogP contribution in [0.4, 0.5) is 0 Å². The number of hydrogen-bond donors (Lipinski definition) is 1. The van der Waals surface area contributed by atoms with Crippen LogP contribution in [0.15, 0.2) is 12.3 Å². The lowest BCUT2D eigenvalue weighted by Crippen LogP contribution is -2.52. The van der Waals surface area contributed by atoms with Crippen molar-refractivity contribution in [2.24, 2.45) is 0 Å². The number of nitrogens with zero attached hydrogens (tertiary/aromatic N) is 3. The van der Waals surface area contributed by atoms with E-state index in [4.69, 9.17) is 4.74 Å². The monoisotopic (exact) mass is 267 g/mol. The molecule has 0 spiro atoms. The van der Waals surface area contributed by atoms with Gasteiger partial charge in [0.2, 0.25) is 5.91 Å². The normalized spacial score (nSPS) is 23.7. The number of amides is 1. The molecule has 1 aliphatic heterocycles. The summed E-state index contributed by atoms with van der Waals surface area (Å²) < 4.78 is 6.87. The minimum absolute atomic E-state index is 0.193. The number of morpholine rings is 1. The fourth-order valence-electron chi connectivity index (χ4n) is 2.41. The third-order valence-electron chi connectivity index (χ3n) is 3.27. The first kappa shape index (κ1) is 13.5. The van der Waals surface area contributed by atoms with E-state index in [0.717, 1.165) is 0 Å². The van der Waals surface area contributed by atoms with Crippen LogP contribution >= 0.6 is 0 Å². The van der Waals surface area contributed by atoms with Gasteiger partial charge < -0.3 is 14.7 Å². The number of carboxylic acid groups (broad SMARTS) is 1. The molecule has 2 atom stereocenters. The molecule has 0 aromatic carbocycles. The molecule has 0 radical (unpaired) electrons. The first-order valence-electron chi connectivity index (χ1n) is 6.25. The van der Waals surface area contributed by atoms with E-state index in [-0.39, 0.29) is 12.5 Å². The Morgan fingerprint density at radius 2 is 2.26 bits per heavy atom. The third kappa shape index (κ3) is 2.33. The lowest BCUT2D eigenvalue weighted by atomic mass is 10.0. The molecule has 0 aliphatic carbocycles. The van der Waals surface area contributed by atoms with E-state index in [2.05, 4.69) is 5.10 Å². The maximum Gasteiger partial charge on any atom is 0.335 e. The summed E-state index contributed by atoms with van der Waals surface area (Å²) in [4.78, 5) is 24.7. The van der Waals surface area contributed by atoms with Crippen molar-refractivity contribution >= 4 is 11.9 Å². The molecule has 1 aromatic heterocycles. The van der Waals surface area contributed by atoms with E-state index >= 15 is 0 Å². The van der Waals surface area contributed by atoms with Crippen LogP contribution in [-0.2, 0) is 20.9 Å². The number of rotatable bonds is 4. The Labute approximate surface area is 110 Å². The quantitative estimate of drug-likeness (QED) is 0.846. The second kappa shape index (κ2) is 5.40. The van der Waals surface area contributed by atoms with E-state index < -0.39 is 18.1 Å². The van der Waals surface area contributed by atoms with Crippen LogP contribution in [0.2, 0.25) is 0 Å². The van der Waals surface area contributed by atoms with Gasteiger partial charge in [0.25, 0.3) is 0 Å². The molecule has 1 saturated heterocycles. The summed E-state index contributed by atoms with van der Waals surface area (Å²) in [5, 5.41) is 13.4. The van der Waals surface area contributed by atoms with Crippen LogP contribution in [0.1, 0.15) is 25.6 Å². The molecule has 7 heteroatoms. The van der Waals surface area contributed by atoms with Crippen molar-refractivity contribution in [1.82, 2.24) is 14.7 Å². The molecule has 2 rings (SSSR count). The van der Waals surface area contributed by atoms with Crippen LogP contribution in [0.25, 0.3) is 0 Å². The Bertz CT molecular complexity index is 483. The molecule has 1 N–H and O–H groups in total. The second-order valence-corrected chi connectivity index (χ2v) is 4.27. The van der Waals surface area contributed by atoms with Crippen molar-refractivity contribution in [3.05, 3.63) is 18.0 Å². The molecular formula is C12H17N3O4. The maximum atomic E-state index is 11.9. The topological polar surface area (TPSA) is 84.7 Å². The van der Waals surface area contributed by atoms with Crippen molar-refractivity contribution in [3.8, 4) is 0 Å². The van der Waals surface area contributed by atoms with E-state index in [1.54, 1.807) is 16.9 Å². The number of carboxylic acids is 1. The van der Waals surface area contributed by atoms with Gasteiger partial charge >= 0.3 is 5.97 Å². The van der Waals surface area contributed by atoms with Crippen LogP contribution in [0.5, 0.6) is 0 Å². The Morgan fingerprint density at radius 3 is 2.84 bits per heavy atom. The molecule has 19 heavy (non-hydrogen) atoms. The molecule has 2 heterocycles. The van der Waals surface area contributed by atoms with Crippen molar-refractivity contribution in [2.75, 3.05) is 13.2 Å². The predicted octanol–water partition coefficient (Wildman–Crippen LogP) is 0.276. The number of ether oxygens (including phenoxy) is 1. The highest BCUT2D eigenvalue weighted by molar-refractivity contribution is 5.82. The Balaban J connectivity index is 2.44. The average molecular weight is 267 g/mol. The number of aliphatic carboxylic acids is 1. The Hall–Kier alpha value is -1.89. The first-order chi connectivity index (χ1) is 9.10. The van der Waals surface area contributed by atoms with Crippen molar-refractivity contribution in [2.45, 2.75) is 32.5 Å². The highest BCUT2D eigenvalue weighted by Crippen LogP contribution is 2.30. The third-order valence-corrected chi connectivity index (χ3v) is 3.27. The molecule has 1 aliphatic rings. The number of carbonyl (C=O) groups is 2. The van der Waals surface area contributed by atoms with Crippen LogP contribution in [0, 0.1) is 0 Å². The zero-order valence-corrected chi connectivity index (χ0v) is 10.9. The average Bonchev–Trinajstić information content (AvgIpc) is 2.85. The van der Waals surface area contributed by atoms with Crippen molar-refractivity contribution < 1.29 is 19.4 Å². The lowest BCUT2D eigenvalue weighted by molar-refractivity contribution is -0.173. The zero-order chi connectivity index (χ0) is 14.0. The molecular weight excluding hydrogens is 250 g/mol. The summed E-state index contributed by atoms with van der Waals surface area (Å²) in [7, 11) is 0. The van der Waals surface area contributed by atoms with Crippen molar-refractivity contribution in [1.29, 1.82) is 0 Å². The molecule has 7 nitrogen and oxygen atoms in total. The zero-order valence-electron chi connectivity index (χ0n) is 10.9. The Kier molecular flexibility index (Phi) is 3.84. The van der Waals surface area contributed by atoms with E-state index in [9.17, 15) is 14.7 Å². The van der Waals surface area contributed by atoms with Gasteiger partial charge in [-0.25, -0.2) is 4.79 Å². The standard InChI is InChI=1S/C12H17N3O4/c1-3-14-9(16)7-19-11(12(17)18)10(14)8-5-6-13-15(8)4-2/h5-6,10-11H,3-4,7H2,1-2H3,(H,17,18). The first-order valence-corrected chi connectivity index (χ1v) is 6.25. The van der Waals surface area contributed by atoms with Crippen molar-refractivity contribution in [3.63, 3.8) is 0 Å². The largest absolute Gasteiger partial charge is 0.479 e. The van der Waals surface area contributed by atoms with Gasteiger partial charge in [-0.1, -0.05) is 0 Å². The second-order valence-electron chi connectivity index (χ2n) is 4.27. The molecule has 2 unspecified atom stereocenters. The highest BCUT2D eigenvalue weighted by Gasteiger charge is 2.42. The number of carbonyl (C=O) groups excluding carboxylic acids is 1. The summed E-state index contributed by atoms with van der Waals surface area (Å²) in [6.07, 6.45) is 0.546. The number of hydrogen-bond acceptors (Lipinski definition) is 4. The summed E-state index contributed by atoms with van der Waals surface area (Å²) in [5.41, 5.74) is 0.685. The van der Waals surface area contributed by atoms with Crippen LogP contribution in [0.3, 0.4) is 0 Å². The highest BCUT2D eigenvalue weighted by atomic mass is 16.5. The summed E-state index contributed by atoms with van der Waals surface area (Å²) in [6, 6.07) is 1.10. The van der Waals surface area contributed by atoms with Gasteiger partial charge in [0.15, 0.2) is 6.10 Å². The molecule has 0 saturated carbocycles. The summed E-state index contributed by atoms with van der Waals surface area (Å²) >= 11 is 0. The van der Waals surface area contributed by atoms with E-state index in [1.165, 1.54) is 4.90 Å². The van der Waals surface area contributed by atoms with E-state index in [1.807, 2.05) is 13.8 Å².